The lowest BCUT2D eigenvalue weighted by Crippen LogP contribution is -2.11. The number of H-pyrrole nitrogens is 1. The van der Waals surface area contributed by atoms with Gasteiger partial charge in [-0.1, -0.05) is 0 Å². The number of nitrogens with one attached hydrogen (secondary N) is 1. The number of phenols is 1. The maximum absolute atomic E-state index is 9.79. The Morgan fingerprint density at radius 3 is 2.53 bits per heavy atom. The van der Waals surface area contributed by atoms with Gasteiger partial charge in [-0.25, -0.2) is 4.98 Å². The molecule has 1 aromatic heterocycles. The first kappa shape index (κ1) is 16.0. The molecule has 0 bridgehead atoms. The molecule has 0 amide bonds. The molecule has 0 atom stereocenters. The number of aromatic nitrogens is 2. The number of halogens is 2. The molecule has 0 saturated carbocycles. The smallest absolute Gasteiger partial charge is 0.122 e. The summed E-state index contributed by atoms with van der Waals surface area (Å²) >= 11 is 0. The van der Waals surface area contributed by atoms with Gasteiger partial charge in [0.05, 0.1) is 11.0 Å². The van der Waals surface area contributed by atoms with Gasteiger partial charge in [0.15, 0.2) is 0 Å². The molecule has 17 heavy (non-hydrogen) atoms. The van der Waals surface area contributed by atoms with Crippen molar-refractivity contribution in [3.8, 4) is 5.75 Å². The zero-order valence-electron chi connectivity index (χ0n) is 10.0. The van der Waals surface area contributed by atoms with Crippen LogP contribution in [0.1, 0.15) is 11.4 Å². The van der Waals surface area contributed by atoms with Crippen molar-refractivity contribution in [3.05, 3.63) is 23.5 Å². The average molecular weight is 278 g/mol. The number of rotatable bonds is 2. The summed E-state index contributed by atoms with van der Waals surface area (Å²) in [5.41, 5.74) is 2.71. The minimum Gasteiger partial charge on any atom is -0.508 e. The second-order valence-corrected chi connectivity index (χ2v) is 4.02. The molecule has 0 fully saturated rings. The molecule has 1 heterocycles. The van der Waals surface area contributed by atoms with Gasteiger partial charge in [0, 0.05) is 12.1 Å². The highest BCUT2D eigenvalue weighted by Gasteiger charge is 2.10. The highest BCUT2D eigenvalue weighted by Crippen LogP contribution is 2.26. The maximum Gasteiger partial charge on any atom is 0.122 e. The minimum absolute atomic E-state index is 0. The predicted octanol–water partition coefficient (Wildman–Crippen LogP) is 2.48. The van der Waals surface area contributed by atoms with Crippen molar-refractivity contribution in [2.24, 2.45) is 0 Å². The molecule has 0 aliphatic rings. The van der Waals surface area contributed by atoms with Crippen molar-refractivity contribution >= 4 is 35.8 Å². The van der Waals surface area contributed by atoms with Gasteiger partial charge in [-0.15, -0.1) is 24.8 Å². The van der Waals surface area contributed by atoms with Crippen LogP contribution in [0, 0.1) is 6.92 Å². The van der Waals surface area contributed by atoms with E-state index in [1.54, 1.807) is 6.07 Å². The molecule has 6 heteroatoms. The standard InChI is InChI=1S/C11H15N3O.2ClH/c1-7-12-9-4-5-10(15)8(6-14(2)3)11(9)13-7;;/h4-5,15H,6H2,1-3H3,(H,12,13);2*1H. The van der Waals surface area contributed by atoms with E-state index < -0.39 is 0 Å². The number of fused-ring (bicyclic) bond motifs is 1. The fraction of sp³-hybridized carbons (Fsp3) is 0.364. The lowest BCUT2D eigenvalue weighted by molar-refractivity contribution is 0.387. The summed E-state index contributed by atoms with van der Waals surface area (Å²) in [6.07, 6.45) is 0. The number of aromatic hydroxyl groups is 1. The van der Waals surface area contributed by atoms with Gasteiger partial charge >= 0.3 is 0 Å². The van der Waals surface area contributed by atoms with Crippen LogP contribution in [0.15, 0.2) is 12.1 Å². The van der Waals surface area contributed by atoms with Crippen LogP contribution in [0.5, 0.6) is 5.75 Å². The quantitative estimate of drug-likeness (QED) is 0.887. The van der Waals surface area contributed by atoms with Gasteiger partial charge in [-0.3, -0.25) is 0 Å². The number of hydrogen-bond donors (Lipinski definition) is 2. The monoisotopic (exact) mass is 277 g/mol. The Morgan fingerprint density at radius 2 is 1.94 bits per heavy atom. The van der Waals surface area contributed by atoms with Crippen molar-refractivity contribution < 1.29 is 5.11 Å². The van der Waals surface area contributed by atoms with Gasteiger partial charge in [0.2, 0.25) is 0 Å². The first-order chi connectivity index (χ1) is 7.08. The fourth-order valence-electron chi connectivity index (χ4n) is 1.72. The molecule has 0 aliphatic heterocycles. The summed E-state index contributed by atoms with van der Waals surface area (Å²) in [6.45, 7) is 2.60. The van der Waals surface area contributed by atoms with E-state index in [2.05, 4.69) is 9.97 Å². The Balaban J connectivity index is 0.00000128. The Labute approximate surface area is 113 Å². The Morgan fingerprint density at radius 1 is 1.29 bits per heavy atom. The summed E-state index contributed by atoms with van der Waals surface area (Å²) in [5.74, 6) is 1.18. The van der Waals surface area contributed by atoms with E-state index in [1.165, 1.54) is 0 Å². The SMILES string of the molecule is Cc1nc2c(CN(C)C)c(O)ccc2[nH]1.Cl.Cl. The Bertz CT molecular complexity index is 497. The van der Waals surface area contributed by atoms with Crippen LogP contribution >= 0.6 is 24.8 Å². The van der Waals surface area contributed by atoms with Crippen LogP contribution in [0.3, 0.4) is 0 Å². The molecule has 0 aliphatic carbocycles. The van der Waals surface area contributed by atoms with Gasteiger partial charge < -0.3 is 15.0 Å². The van der Waals surface area contributed by atoms with Crippen LogP contribution in [0.4, 0.5) is 0 Å². The van der Waals surface area contributed by atoms with E-state index in [1.807, 2.05) is 32.0 Å². The third-order valence-electron chi connectivity index (χ3n) is 2.33. The fourth-order valence-corrected chi connectivity index (χ4v) is 1.72. The topological polar surface area (TPSA) is 52.1 Å². The lowest BCUT2D eigenvalue weighted by Gasteiger charge is -2.11. The third-order valence-corrected chi connectivity index (χ3v) is 2.33. The minimum atomic E-state index is 0. The molecule has 1 aromatic carbocycles. The first-order valence-corrected chi connectivity index (χ1v) is 4.90. The number of aromatic amines is 1. The Kier molecular flexibility index (Phi) is 5.75. The van der Waals surface area contributed by atoms with E-state index in [-0.39, 0.29) is 24.8 Å². The van der Waals surface area contributed by atoms with Gasteiger partial charge in [0.25, 0.3) is 0 Å². The molecule has 96 valence electrons. The van der Waals surface area contributed by atoms with E-state index in [0.29, 0.717) is 12.3 Å². The molecule has 4 nitrogen and oxygen atoms in total. The highest BCUT2D eigenvalue weighted by molar-refractivity contribution is 5.85. The number of imidazole rings is 1. The van der Waals surface area contributed by atoms with Crippen molar-refractivity contribution in [2.75, 3.05) is 14.1 Å². The molecular formula is C11H17Cl2N3O. The molecule has 2 aromatic rings. The maximum atomic E-state index is 9.79. The zero-order valence-corrected chi connectivity index (χ0v) is 11.7. The largest absolute Gasteiger partial charge is 0.508 e. The van der Waals surface area contributed by atoms with Crippen molar-refractivity contribution in [3.63, 3.8) is 0 Å². The van der Waals surface area contributed by atoms with Gasteiger partial charge in [-0.2, -0.15) is 0 Å². The molecule has 0 spiro atoms. The normalized spacial score (nSPS) is 10.1. The van der Waals surface area contributed by atoms with Gasteiger partial charge in [0.1, 0.15) is 11.6 Å². The van der Waals surface area contributed by atoms with Crippen LogP contribution in [0.25, 0.3) is 11.0 Å². The number of aryl methyl sites for hydroxylation is 1. The second kappa shape index (κ2) is 6.10. The number of phenolic OH excluding ortho intramolecular Hbond substituents is 1. The molecule has 0 saturated heterocycles. The zero-order chi connectivity index (χ0) is 11.0. The third kappa shape index (κ3) is 3.25. The molecule has 2 N–H and O–H groups in total. The molecule has 0 radical (unpaired) electrons. The first-order valence-electron chi connectivity index (χ1n) is 4.90. The predicted molar refractivity (Wildman–Crippen MR) is 74.4 cm³/mol. The number of nitrogens with zero attached hydrogens (tertiary/aromatic N) is 2. The molecular weight excluding hydrogens is 261 g/mol. The van der Waals surface area contributed by atoms with Crippen molar-refractivity contribution in [1.29, 1.82) is 0 Å². The average Bonchev–Trinajstić information content (AvgIpc) is 2.51. The summed E-state index contributed by atoms with van der Waals surface area (Å²) in [4.78, 5) is 9.56. The molecule has 2 rings (SSSR count). The van der Waals surface area contributed by atoms with Crippen LogP contribution in [0.2, 0.25) is 0 Å². The van der Waals surface area contributed by atoms with Crippen molar-refractivity contribution in [1.82, 2.24) is 14.9 Å². The van der Waals surface area contributed by atoms with E-state index in [0.717, 1.165) is 22.4 Å². The number of hydrogen-bond acceptors (Lipinski definition) is 3. The second-order valence-electron chi connectivity index (χ2n) is 4.02. The Hall–Kier alpha value is -0.970. The van der Waals surface area contributed by atoms with Crippen molar-refractivity contribution in [2.45, 2.75) is 13.5 Å². The van der Waals surface area contributed by atoms with Crippen LogP contribution < -0.4 is 0 Å². The summed E-state index contributed by atoms with van der Waals surface area (Å²) in [5, 5.41) is 9.79. The summed E-state index contributed by atoms with van der Waals surface area (Å²) in [6, 6.07) is 3.56. The molecule has 0 unspecified atom stereocenters. The van der Waals surface area contributed by atoms with E-state index in [9.17, 15) is 5.11 Å². The summed E-state index contributed by atoms with van der Waals surface area (Å²) in [7, 11) is 3.94. The van der Waals surface area contributed by atoms with E-state index in [4.69, 9.17) is 0 Å². The summed E-state index contributed by atoms with van der Waals surface area (Å²) < 4.78 is 0. The van der Waals surface area contributed by atoms with Gasteiger partial charge in [-0.05, 0) is 33.2 Å². The van der Waals surface area contributed by atoms with E-state index >= 15 is 0 Å². The van der Waals surface area contributed by atoms with Crippen LogP contribution in [-0.2, 0) is 6.54 Å². The number of benzene rings is 1. The van der Waals surface area contributed by atoms with Crippen LogP contribution in [-0.4, -0.2) is 34.1 Å². The lowest BCUT2D eigenvalue weighted by atomic mass is 10.1. The highest BCUT2D eigenvalue weighted by atomic mass is 35.5.